The summed E-state index contributed by atoms with van der Waals surface area (Å²) in [6.45, 7) is 1.98. The molecule has 0 spiro atoms. The lowest BCUT2D eigenvalue weighted by Gasteiger charge is -2.19. The van der Waals surface area contributed by atoms with Crippen molar-refractivity contribution < 1.29 is 5.11 Å². The molecule has 0 saturated carbocycles. The van der Waals surface area contributed by atoms with Gasteiger partial charge in [0.25, 0.3) is 0 Å². The third-order valence-corrected chi connectivity index (χ3v) is 5.45. The second-order valence-corrected chi connectivity index (χ2v) is 7.46. The molecule has 1 unspecified atom stereocenters. The molecule has 0 bridgehead atoms. The minimum absolute atomic E-state index is 0.0748. The lowest BCUT2D eigenvalue weighted by Crippen LogP contribution is -2.10. The fraction of sp³-hybridized carbons (Fsp3) is 0.125. The van der Waals surface area contributed by atoms with Gasteiger partial charge in [0.2, 0.25) is 0 Å². The van der Waals surface area contributed by atoms with Crippen molar-refractivity contribution >= 4 is 40.0 Å². The van der Waals surface area contributed by atoms with E-state index in [-0.39, 0.29) is 11.8 Å². The van der Waals surface area contributed by atoms with Crippen LogP contribution in [0.2, 0.25) is 4.34 Å². The zero-order valence-corrected chi connectivity index (χ0v) is 13.7. The Bertz CT molecular complexity index is 737. The highest BCUT2D eigenvalue weighted by Crippen LogP contribution is 2.36. The molecule has 0 aliphatic rings. The van der Waals surface area contributed by atoms with Crippen molar-refractivity contribution in [1.82, 2.24) is 0 Å². The van der Waals surface area contributed by atoms with Gasteiger partial charge < -0.3 is 10.4 Å². The van der Waals surface area contributed by atoms with E-state index in [0.29, 0.717) is 0 Å². The second-order valence-electron chi connectivity index (χ2n) is 4.73. The molecule has 1 aromatic carbocycles. The average molecular weight is 336 g/mol. The Morgan fingerprint density at radius 2 is 2.00 bits per heavy atom. The zero-order valence-electron chi connectivity index (χ0n) is 11.3. The Balaban J connectivity index is 1.96. The molecule has 0 amide bonds. The molecule has 108 valence electrons. The SMILES string of the molecule is Cc1cc(O)ccc1NC(c1cccs1)c1ccc(Cl)s1. The predicted octanol–water partition coefficient (Wildman–Crippen LogP) is 5.68. The molecule has 2 heterocycles. The van der Waals surface area contributed by atoms with Crippen LogP contribution in [0.15, 0.2) is 47.8 Å². The summed E-state index contributed by atoms with van der Waals surface area (Å²) >= 11 is 9.38. The van der Waals surface area contributed by atoms with E-state index in [1.807, 2.05) is 25.1 Å². The summed E-state index contributed by atoms with van der Waals surface area (Å²) in [5.74, 6) is 0.282. The molecule has 0 saturated heterocycles. The van der Waals surface area contributed by atoms with Crippen molar-refractivity contribution in [2.45, 2.75) is 13.0 Å². The van der Waals surface area contributed by atoms with Crippen LogP contribution in [0.1, 0.15) is 21.4 Å². The zero-order chi connectivity index (χ0) is 14.8. The molecule has 5 heteroatoms. The summed E-state index contributed by atoms with van der Waals surface area (Å²) < 4.78 is 0.788. The Morgan fingerprint density at radius 1 is 1.14 bits per heavy atom. The third-order valence-electron chi connectivity index (χ3n) is 3.22. The first-order valence-electron chi connectivity index (χ1n) is 6.48. The quantitative estimate of drug-likeness (QED) is 0.601. The van der Waals surface area contributed by atoms with E-state index in [4.69, 9.17) is 11.6 Å². The van der Waals surface area contributed by atoms with E-state index in [9.17, 15) is 5.11 Å². The lowest BCUT2D eigenvalue weighted by atomic mass is 10.1. The Kier molecular flexibility index (Phi) is 4.19. The van der Waals surface area contributed by atoms with Gasteiger partial charge in [-0.3, -0.25) is 0 Å². The average Bonchev–Trinajstić information content (AvgIpc) is 3.09. The minimum atomic E-state index is 0.0748. The number of halogens is 1. The molecular formula is C16H14ClNOS2. The Hall–Kier alpha value is -1.49. The predicted molar refractivity (Wildman–Crippen MR) is 92.0 cm³/mol. The summed E-state index contributed by atoms with van der Waals surface area (Å²) in [6, 6.07) is 13.6. The number of anilines is 1. The van der Waals surface area contributed by atoms with Crippen LogP contribution < -0.4 is 5.32 Å². The van der Waals surface area contributed by atoms with Gasteiger partial charge in [-0.15, -0.1) is 22.7 Å². The van der Waals surface area contributed by atoms with Gasteiger partial charge in [-0.1, -0.05) is 17.7 Å². The number of aryl methyl sites for hydroxylation is 1. The van der Waals surface area contributed by atoms with Crippen molar-refractivity contribution in [2.75, 3.05) is 5.32 Å². The van der Waals surface area contributed by atoms with Crippen LogP contribution in [0.3, 0.4) is 0 Å². The molecule has 0 aliphatic carbocycles. The van der Waals surface area contributed by atoms with Crippen LogP contribution in [0.5, 0.6) is 5.75 Å². The van der Waals surface area contributed by atoms with Gasteiger partial charge in [0.1, 0.15) is 5.75 Å². The number of hydrogen-bond donors (Lipinski definition) is 2. The maximum Gasteiger partial charge on any atom is 0.115 e. The van der Waals surface area contributed by atoms with Gasteiger partial charge in [-0.25, -0.2) is 0 Å². The Labute approximate surface area is 136 Å². The van der Waals surface area contributed by atoms with Crippen molar-refractivity contribution in [1.29, 1.82) is 0 Å². The monoisotopic (exact) mass is 335 g/mol. The summed E-state index contributed by atoms with van der Waals surface area (Å²) in [5.41, 5.74) is 2.02. The van der Waals surface area contributed by atoms with Crippen LogP contribution in [0.4, 0.5) is 5.69 Å². The summed E-state index contributed by atoms with van der Waals surface area (Å²) in [5, 5.41) is 15.2. The van der Waals surface area contributed by atoms with Gasteiger partial charge in [-0.05, 0) is 54.3 Å². The first-order valence-corrected chi connectivity index (χ1v) is 8.55. The van der Waals surface area contributed by atoms with Crippen LogP contribution in [0.25, 0.3) is 0 Å². The molecular weight excluding hydrogens is 322 g/mol. The molecule has 21 heavy (non-hydrogen) atoms. The van der Waals surface area contributed by atoms with E-state index in [1.54, 1.807) is 34.8 Å². The summed E-state index contributed by atoms with van der Waals surface area (Å²) in [4.78, 5) is 2.41. The van der Waals surface area contributed by atoms with Crippen LogP contribution in [-0.4, -0.2) is 5.11 Å². The normalized spacial score (nSPS) is 12.3. The van der Waals surface area contributed by atoms with Crippen LogP contribution in [-0.2, 0) is 0 Å². The second kappa shape index (κ2) is 6.10. The fourth-order valence-corrected chi connectivity index (χ4v) is 4.19. The Morgan fingerprint density at radius 3 is 2.62 bits per heavy atom. The fourth-order valence-electron chi connectivity index (χ4n) is 2.19. The number of benzene rings is 1. The van der Waals surface area contributed by atoms with Gasteiger partial charge in [0, 0.05) is 15.4 Å². The van der Waals surface area contributed by atoms with Gasteiger partial charge >= 0.3 is 0 Å². The molecule has 2 N–H and O–H groups in total. The van der Waals surface area contributed by atoms with Crippen molar-refractivity contribution in [3.63, 3.8) is 0 Å². The standard InChI is InChI=1S/C16H14ClNOS2/c1-10-9-11(19)4-5-12(10)18-16(13-3-2-8-20-13)14-6-7-15(17)21-14/h2-9,16,18-19H,1H3. The van der Waals surface area contributed by atoms with Gasteiger partial charge in [0.05, 0.1) is 10.4 Å². The van der Waals surface area contributed by atoms with E-state index in [0.717, 1.165) is 15.6 Å². The maximum absolute atomic E-state index is 9.53. The molecule has 0 fully saturated rings. The molecule has 2 nitrogen and oxygen atoms in total. The highest BCUT2D eigenvalue weighted by molar-refractivity contribution is 7.16. The number of phenolic OH excluding ortho intramolecular Hbond substituents is 1. The lowest BCUT2D eigenvalue weighted by molar-refractivity contribution is 0.475. The van der Waals surface area contributed by atoms with Crippen LogP contribution >= 0.6 is 34.3 Å². The smallest absolute Gasteiger partial charge is 0.115 e. The van der Waals surface area contributed by atoms with Gasteiger partial charge in [0.15, 0.2) is 0 Å². The summed E-state index contributed by atoms with van der Waals surface area (Å²) in [6.07, 6.45) is 0. The minimum Gasteiger partial charge on any atom is -0.508 e. The van der Waals surface area contributed by atoms with Crippen molar-refractivity contribution in [3.05, 3.63) is 67.5 Å². The molecule has 1 atom stereocenters. The first kappa shape index (κ1) is 14.4. The number of nitrogens with one attached hydrogen (secondary N) is 1. The molecule has 0 radical (unpaired) electrons. The largest absolute Gasteiger partial charge is 0.508 e. The van der Waals surface area contributed by atoms with E-state index in [1.165, 1.54) is 9.75 Å². The number of aromatic hydroxyl groups is 1. The maximum atomic E-state index is 9.53. The molecule has 2 aromatic heterocycles. The first-order chi connectivity index (χ1) is 10.1. The van der Waals surface area contributed by atoms with Gasteiger partial charge in [-0.2, -0.15) is 0 Å². The molecule has 0 aliphatic heterocycles. The van der Waals surface area contributed by atoms with Crippen molar-refractivity contribution in [2.24, 2.45) is 0 Å². The topological polar surface area (TPSA) is 32.3 Å². The molecule has 3 aromatic rings. The number of phenols is 1. The number of rotatable bonds is 4. The van der Waals surface area contributed by atoms with E-state index in [2.05, 4.69) is 22.8 Å². The molecule has 3 rings (SSSR count). The number of thiophene rings is 2. The van der Waals surface area contributed by atoms with Crippen LogP contribution in [0, 0.1) is 6.92 Å². The van der Waals surface area contributed by atoms with E-state index < -0.39 is 0 Å². The summed E-state index contributed by atoms with van der Waals surface area (Å²) in [7, 11) is 0. The third kappa shape index (κ3) is 3.23. The van der Waals surface area contributed by atoms with E-state index >= 15 is 0 Å². The van der Waals surface area contributed by atoms with Crippen molar-refractivity contribution in [3.8, 4) is 5.75 Å². The highest BCUT2D eigenvalue weighted by Gasteiger charge is 2.18. The number of hydrogen-bond acceptors (Lipinski definition) is 4. The highest BCUT2D eigenvalue weighted by atomic mass is 35.5.